The summed E-state index contributed by atoms with van der Waals surface area (Å²) in [4.78, 5) is 23.3. The van der Waals surface area contributed by atoms with Crippen LogP contribution in [0.5, 0.6) is 5.75 Å². The van der Waals surface area contributed by atoms with Crippen LogP contribution in [0.4, 0.5) is 5.69 Å². The standard InChI is InChI=1S/C22H22N2O4/c1-14(2)12-20(26)23-22(16-7-5-8-17(13-16)24(27)28)21-18-9-4-3-6-15(18)10-11-19(21)25/h3-11,13-14,22,25H,12H2,1-2H3,(H,23,26)/t22-/m0/s1. The number of nitrogens with one attached hydrogen (secondary N) is 1. The van der Waals surface area contributed by atoms with Crippen LogP contribution in [-0.2, 0) is 4.79 Å². The second-order valence-electron chi connectivity index (χ2n) is 7.17. The monoisotopic (exact) mass is 378 g/mol. The lowest BCUT2D eigenvalue weighted by Gasteiger charge is -2.23. The van der Waals surface area contributed by atoms with Crippen molar-refractivity contribution in [3.05, 3.63) is 81.9 Å². The van der Waals surface area contributed by atoms with Gasteiger partial charge >= 0.3 is 0 Å². The number of phenols is 1. The molecule has 0 saturated carbocycles. The van der Waals surface area contributed by atoms with E-state index in [1.807, 2.05) is 38.1 Å². The molecular weight excluding hydrogens is 356 g/mol. The van der Waals surface area contributed by atoms with Crippen LogP contribution in [0.3, 0.4) is 0 Å². The second kappa shape index (κ2) is 8.08. The van der Waals surface area contributed by atoms with Crippen LogP contribution < -0.4 is 5.32 Å². The van der Waals surface area contributed by atoms with Gasteiger partial charge in [-0.15, -0.1) is 0 Å². The van der Waals surface area contributed by atoms with Crippen molar-refractivity contribution in [1.29, 1.82) is 0 Å². The van der Waals surface area contributed by atoms with E-state index in [0.29, 0.717) is 17.5 Å². The van der Waals surface area contributed by atoms with E-state index in [1.54, 1.807) is 24.3 Å². The third-order valence-corrected chi connectivity index (χ3v) is 4.55. The fourth-order valence-electron chi connectivity index (χ4n) is 3.32. The lowest BCUT2D eigenvalue weighted by atomic mass is 9.92. The Bertz CT molecular complexity index is 1030. The molecule has 0 aliphatic rings. The third kappa shape index (κ3) is 4.11. The highest BCUT2D eigenvalue weighted by Gasteiger charge is 2.24. The maximum absolute atomic E-state index is 12.6. The van der Waals surface area contributed by atoms with Crippen molar-refractivity contribution < 1.29 is 14.8 Å². The van der Waals surface area contributed by atoms with Crippen LogP contribution in [0.25, 0.3) is 10.8 Å². The van der Waals surface area contributed by atoms with Crippen LogP contribution in [0.2, 0.25) is 0 Å². The molecule has 0 aliphatic carbocycles. The van der Waals surface area contributed by atoms with Gasteiger partial charge in [0.2, 0.25) is 5.91 Å². The quantitative estimate of drug-likeness (QED) is 0.480. The molecular formula is C22H22N2O4. The SMILES string of the molecule is CC(C)CC(=O)N[C@@H](c1cccc([N+](=O)[O-])c1)c1c(O)ccc2ccccc12. The Labute approximate surface area is 163 Å². The number of fused-ring (bicyclic) bond motifs is 1. The number of hydrogen-bond acceptors (Lipinski definition) is 4. The van der Waals surface area contributed by atoms with E-state index in [-0.39, 0.29) is 23.3 Å². The van der Waals surface area contributed by atoms with E-state index < -0.39 is 11.0 Å². The predicted octanol–water partition coefficient (Wildman–Crippen LogP) is 4.71. The summed E-state index contributed by atoms with van der Waals surface area (Å²) in [5, 5.41) is 26.5. The van der Waals surface area contributed by atoms with Gasteiger partial charge in [-0.25, -0.2) is 0 Å². The number of rotatable bonds is 6. The van der Waals surface area contributed by atoms with E-state index >= 15 is 0 Å². The van der Waals surface area contributed by atoms with Gasteiger partial charge in [-0.1, -0.05) is 56.3 Å². The molecule has 1 atom stereocenters. The highest BCUT2D eigenvalue weighted by atomic mass is 16.6. The van der Waals surface area contributed by atoms with Gasteiger partial charge in [0, 0.05) is 24.1 Å². The number of nitro groups is 1. The van der Waals surface area contributed by atoms with Gasteiger partial charge in [0.05, 0.1) is 11.0 Å². The summed E-state index contributed by atoms with van der Waals surface area (Å²) < 4.78 is 0. The lowest BCUT2D eigenvalue weighted by molar-refractivity contribution is -0.384. The normalized spacial score (nSPS) is 12.1. The minimum atomic E-state index is -0.711. The van der Waals surface area contributed by atoms with E-state index in [0.717, 1.165) is 10.8 Å². The van der Waals surface area contributed by atoms with Gasteiger partial charge in [-0.3, -0.25) is 14.9 Å². The minimum absolute atomic E-state index is 0.0278. The summed E-state index contributed by atoms with van der Waals surface area (Å²) in [6.07, 6.45) is 0.316. The first kappa shape index (κ1) is 19.4. The number of nitrogens with zero attached hydrogens (tertiary/aromatic N) is 1. The van der Waals surface area contributed by atoms with Gasteiger partial charge in [0.1, 0.15) is 5.75 Å². The first-order valence-corrected chi connectivity index (χ1v) is 9.11. The molecule has 1 amide bonds. The summed E-state index contributed by atoms with van der Waals surface area (Å²) >= 11 is 0. The molecule has 3 aromatic rings. The zero-order valence-electron chi connectivity index (χ0n) is 15.8. The Morgan fingerprint density at radius 2 is 1.86 bits per heavy atom. The van der Waals surface area contributed by atoms with E-state index in [4.69, 9.17) is 0 Å². The highest BCUT2D eigenvalue weighted by Crippen LogP contribution is 2.36. The average Bonchev–Trinajstić information content (AvgIpc) is 2.66. The molecule has 2 N–H and O–H groups in total. The number of amides is 1. The first-order chi connectivity index (χ1) is 13.4. The summed E-state index contributed by atoms with van der Waals surface area (Å²) in [6, 6.07) is 16.3. The van der Waals surface area contributed by atoms with Crippen LogP contribution >= 0.6 is 0 Å². The lowest BCUT2D eigenvalue weighted by Crippen LogP contribution is -2.30. The topological polar surface area (TPSA) is 92.5 Å². The predicted molar refractivity (Wildman–Crippen MR) is 108 cm³/mol. The Morgan fingerprint density at radius 3 is 2.57 bits per heavy atom. The zero-order chi connectivity index (χ0) is 20.3. The van der Waals surface area contributed by atoms with Gasteiger partial charge in [-0.2, -0.15) is 0 Å². The molecule has 3 aromatic carbocycles. The van der Waals surface area contributed by atoms with Crippen LogP contribution in [0.15, 0.2) is 60.7 Å². The molecule has 0 fully saturated rings. The first-order valence-electron chi connectivity index (χ1n) is 9.11. The summed E-state index contributed by atoms with van der Waals surface area (Å²) in [7, 11) is 0. The van der Waals surface area contributed by atoms with Gasteiger partial charge in [0.15, 0.2) is 0 Å². The van der Waals surface area contributed by atoms with Crippen LogP contribution in [0, 0.1) is 16.0 Å². The number of phenolic OH excluding ortho intramolecular Hbond substituents is 1. The zero-order valence-corrected chi connectivity index (χ0v) is 15.8. The Morgan fingerprint density at radius 1 is 1.11 bits per heavy atom. The second-order valence-corrected chi connectivity index (χ2v) is 7.17. The van der Waals surface area contributed by atoms with Crippen LogP contribution in [0.1, 0.15) is 37.4 Å². The molecule has 144 valence electrons. The van der Waals surface area contributed by atoms with Crippen molar-refractivity contribution in [2.45, 2.75) is 26.3 Å². The largest absolute Gasteiger partial charge is 0.508 e. The average molecular weight is 378 g/mol. The Kier molecular flexibility index (Phi) is 5.59. The van der Waals surface area contributed by atoms with Crippen molar-refractivity contribution in [1.82, 2.24) is 5.32 Å². The highest BCUT2D eigenvalue weighted by molar-refractivity contribution is 5.89. The van der Waals surface area contributed by atoms with Crippen molar-refractivity contribution in [2.24, 2.45) is 5.92 Å². The molecule has 6 heteroatoms. The number of hydrogen-bond donors (Lipinski definition) is 2. The smallest absolute Gasteiger partial charge is 0.269 e. The number of non-ortho nitro benzene ring substituents is 1. The number of benzene rings is 3. The van der Waals surface area contributed by atoms with Gasteiger partial charge in [0.25, 0.3) is 5.69 Å². The minimum Gasteiger partial charge on any atom is -0.508 e. The van der Waals surface area contributed by atoms with Gasteiger partial charge in [-0.05, 0) is 28.3 Å². The van der Waals surface area contributed by atoms with Crippen LogP contribution in [-0.4, -0.2) is 15.9 Å². The van der Waals surface area contributed by atoms with E-state index in [2.05, 4.69) is 5.32 Å². The summed E-state index contributed by atoms with van der Waals surface area (Å²) in [5.41, 5.74) is 0.994. The number of aromatic hydroxyl groups is 1. The molecule has 6 nitrogen and oxygen atoms in total. The molecule has 3 rings (SSSR count). The Hall–Kier alpha value is -3.41. The number of carbonyl (C=O) groups excluding carboxylic acids is 1. The van der Waals surface area contributed by atoms with Crippen molar-refractivity contribution in [3.8, 4) is 5.75 Å². The molecule has 28 heavy (non-hydrogen) atoms. The fourth-order valence-corrected chi connectivity index (χ4v) is 3.32. The maximum atomic E-state index is 12.6. The molecule has 0 unspecified atom stereocenters. The third-order valence-electron chi connectivity index (χ3n) is 4.55. The molecule has 0 heterocycles. The molecule has 0 aromatic heterocycles. The maximum Gasteiger partial charge on any atom is 0.269 e. The molecule has 0 bridgehead atoms. The van der Waals surface area contributed by atoms with Crippen molar-refractivity contribution in [3.63, 3.8) is 0 Å². The van der Waals surface area contributed by atoms with Crippen molar-refractivity contribution >= 4 is 22.4 Å². The Balaban J connectivity index is 2.17. The molecule has 0 spiro atoms. The summed E-state index contributed by atoms with van der Waals surface area (Å²) in [6.45, 7) is 3.88. The molecule has 0 aliphatic heterocycles. The van der Waals surface area contributed by atoms with Gasteiger partial charge < -0.3 is 10.4 Å². The molecule has 0 saturated heterocycles. The van der Waals surface area contributed by atoms with E-state index in [1.165, 1.54) is 12.1 Å². The van der Waals surface area contributed by atoms with E-state index in [9.17, 15) is 20.0 Å². The number of carbonyl (C=O) groups is 1. The summed E-state index contributed by atoms with van der Waals surface area (Å²) in [5.74, 6) is 0.00534. The fraction of sp³-hybridized carbons (Fsp3) is 0.227. The number of nitro benzene ring substituents is 1. The molecule has 0 radical (unpaired) electrons. The van der Waals surface area contributed by atoms with Crippen molar-refractivity contribution in [2.75, 3.05) is 0 Å².